The summed E-state index contributed by atoms with van der Waals surface area (Å²) in [4.78, 5) is 22.6. The number of carbonyl (C=O) groups is 1. The molecule has 0 atom stereocenters. The first-order valence-electron chi connectivity index (χ1n) is 9.31. The Bertz CT molecular complexity index is 1310. The number of hydrogen-bond donors (Lipinski definition) is 2. The molecule has 1 heterocycles. The fraction of sp³-hybridized carbons (Fsp3) is 0. The molecule has 0 saturated heterocycles. The summed E-state index contributed by atoms with van der Waals surface area (Å²) in [5.74, 6) is -0.0200. The maximum Gasteiger partial charge on any atom is 0.271 e. The van der Waals surface area contributed by atoms with E-state index in [-0.39, 0.29) is 23.2 Å². The largest absolute Gasteiger partial charge is 0.507 e. The number of phenols is 1. The molecule has 10 heteroatoms. The van der Waals surface area contributed by atoms with Gasteiger partial charge in [-0.15, -0.1) is 10.2 Å². The highest BCUT2D eigenvalue weighted by atomic mass is 16.6. The van der Waals surface area contributed by atoms with Crippen LogP contribution in [-0.4, -0.2) is 32.3 Å². The first kappa shape index (κ1) is 20.4. The zero-order chi connectivity index (χ0) is 22.5. The number of nitrogens with zero attached hydrogens (tertiary/aromatic N) is 4. The Morgan fingerprint density at radius 2 is 1.78 bits per heavy atom. The first-order chi connectivity index (χ1) is 15.5. The van der Waals surface area contributed by atoms with E-state index in [4.69, 9.17) is 4.42 Å². The van der Waals surface area contributed by atoms with Gasteiger partial charge in [-0.1, -0.05) is 24.3 Å². The molecule has 10 nitrogen and oxygen atoms in total. The quantitative estimate of drug-likeness (QED) is 0.270. The van der Waals surface area contributed by atoms with Gasteiger partial charge in [-0.25, -0.2) is 5.43 Å². The van der Waals surface area contributed by atoms with E-state index in [2.05, 4.69) is 20.7 Å². The van der Waals surface area contributed by atoms with Crippen LogP contribution in [0, 0.1) is 10.1 Å². The molecular formula is C22H15N5O5. The van der Waals surface area contributed by atoms with E-state index in [1.807, 2.05) is 0 Å². The van der Waals surface area contributed by atoms with Crippen LogP contribution in [0.1, 0.15) is 15.9 Å². The second-order valence-corrected chi connectivity index (χ2v) is 6.56. The third-order valence-electron chi connectivity index (χ3n) is 4.41. The standard InChI is InChI=1S/C22H15N5O5/c28-19-7-2-1-6-18(19)22-26-25-21(32-22)16-10-8-15(9-11-16)20(29)24-23-13-14-4-3-5-17(12-14)27(30)31/h1-13,28H,(H,24,29)/b23-13+. The van der Waals surface area contributed by atoms with Crippen LogP contribution in [0.5, 0.6) is 5.75 Å². The zero-order valence-electron chi connectivity index (χ0n) is 16.4. The Labute approximate surface area is 181 Å². The van der Waals surface area contributed by atoms with Crippen molar-refractivity contribution in [3.05, 3.63) is 94.0 Å². The van der Waals surface area contributed by atoms with Crippen LogP contribution in [0.2, 0.25) is 0 Å². The van der Waals surface area contributed by atoms with E-state index in [1.54, 1.807) is 48.5 Å². The number of para-hydroxylation sites is 1. The third-order valence-corrected chi connectivity index (χ3v) is 4.41. The summed E-state index contributed by atoms with van der Waals surface area (Å²) in [6.07, 6.45) is 1.32. The number of non-ortho nitro benzene ring substituents is 1. The van der Waals surface area contributed by atoms with Gasteiger partial charge in [0.05, 0.1) is 16.7 Å². The number of hydrogen-bond acceptors (Lipinski definition) is 8. The lowest BCUT2D eigenvalue weighted by molar-refractivity contribution is -0.384. The van der Waals surface area contributed by atoms with Crippen LogP contribution in [-0.2, 0) is 0 Å². The number of phenolic OH excluding ortho intramolecular Hbond substituents is 1. The number of rotatable bonds is 6. The van der Waals surface area contributed by atoms with E-state index >= 15 is 0 Å². The molecular weight excluding hydrogens is 414 g/mol. The van der Waals surface area contributed by atoms with Gasteiger partial charge in [0.15, 0.2) is 0 Å². The van der Waals surface area contributed by atoms with Gasteiger partial charge in [0.2, 0.25) is 5.89 Å². The number of amides is 1. The molecule has 158 valence electrons. The van der Waals surface area contributed by atoms with Crippen LogP contribution >= 0.6 is 0 Å². The van der Waals surface area contributed by atoms with Crippen molar-refractivity contribution in [3.8, 4) is 28.7 Å². The summed E-state index contributed by atoms with van der Waals surface area (Å²) in [6, 6.07) is 18.9. The minimum Gasteiger partial charge on any atom is -0.507 e. The van der Waals surface area contributed by atoms with Crippen molar-refractivity contribution in [1.29, 1.82) is 0 Å². The summed E-state index contributed by atoms with van der Waals surface area (Å²) >= 11 is 0. The topological polar surface area (TPSA) is 144 Å². The summed E-state index contributed by atoms with van der Waals surface area (Å²) in [5, 5.41) is 32.5. The van der Waals surface area contributed by atoms with Gasteiger partial charge in [-0.2, -0.15) is 5.10 Å². The van der Waals surface area contributed by atoms with Crippen LogP contribution in [0.15, 0.2) is 82.3 Å². The molecule has 3 aromatic carbocycles. The van der Waals surface area contributed by atoms with E-state index in [0.717, 1.165) is 0 Å². The zero-order valence-corrected chi connectivity index (χ0v) is 16.4. The van der Waals surface area contributed by atoms with Gasteiger partial charge in [0.1, 0.15) is 5.75 Å². The van der Waals surface area contributed by atoms with E-state index < -0.39 is 10.8 Å². The van der Waals surface area contributed by atoms with Crippen molar-refractivity contribution in [3.63, 3.8) is 0 Å². The molecule has 0 saturated carbocycles. The minimum absolute atomic E-state index is 0.0281. The molecule has 4 aromatic rings. The van der Waals surface area contributed by atoms with E-state index in [1.165, 1.54) is 30.5 Å². The number of hydrazone groups is 1. The van der Waals surface area contributed by atoms with Crippen LogP contribution in [0.3, 0.4) is 0 Å². The Balaban J connectivity index is 1.43. The fourth-order valence-electron chi connectivity index (χ4n) is 2.82. The number of aromatic nitrogens is 2. The molecule has 0 fully saturated rings. The molecule has 0 unspecified atom stereocenters. The van der Waals surface area contributed by atoms with Crippen molar-refractivity contribution in [2.45, 2.75) is 0 Å². The number of nitro benzene ring substituents is 1. The second-order valence-electron chi connectivity index (χ2n) is 6.56. The van der Waals surface area contributed by atoms with Crippen molar-refractivity contribution in [1.82, 2.24) is 15.6 Å². The Morgan fingerprint density at radius 3 is 2.53 bits per heavy atom. The normalized spacial score (nSPS) is 10.9. The fourth-order valence-corrected chi connectivity index (χ4v) is 2.82. The number of carbonyl (C=O) groups excluding carboxylic acids is 1. The summed E-state index contributed by atoms with van der Waals surface area (Å²) in [6.45, 7) is 0. The molecule has 0 aliphatic rings. The average Bonchev–Trinajstić information content (AvgIpc) is 3.29. The number of nitrogens with one attached hydrogen (secondary N) is 1. The van der Waals surface area contributed by atoms with Crippen molar-refractivity contribution >= 4 is 17.8 Å². The van der Waals surface area contributed by atoms with Crippen LogP contribution in [0.4, 0.5) is 5.69 Å². The molecule has 0 bridgehead atoms. The predicted molar refractivity (Wildman–Crippen MR) is 115 cm³/mol. The van der Waals surface area contributed by atoms with E-state index in [0.29, 0.717) is 22.3 Å². The van der Waals surface area contributed by atoms with Gasteiger partial charge < -0.3 is 9.52 Å². The van der Waals surface area contributed by atoms with Crippen molar-refractivity contribution in [2.75, 3.05) is 0 Å². The van der Waals surface area contributed by atoms with Crippen molar-refractivity contribution in [2.24, 2.45) is 5.10 Å². The number of nitro groups is 1. The van der Waals surface area contributed by atoms with Crippen molar-refractivity contribution < 1.29 is 19.2 Å². The van der Waals surface area contributed by atoms with Gasteiger partial charge in [-0.05, 0) is 36.4 Å². The molecule has 0 radical (unpaired) electrons. The first-order valence-corrected chi connectivity index (χ1v) is 9.31. The lowest BCUT2D eigenvalue weighted by Crippen LogP contribution is -2.17. The molecule has 0 aliphatic heterocycles. The monoisotopic (exact) mass is 429 g/mol. The number of aromatic hydroxyl groups is 1. The van der Waals surface area contributed by atoms with Crippen LogP contribution < -0.4 is 5.43 Å². The maximum absolute atomic E-state index is 12.3. The Morgan fingerprint density at radius 1 is 1.03 bits per heavy atom. The summed E-state index contributed by atoms with van der Waals surface area (Å²) in [7, 11) is 0. The molecule has 32 heavy (non-hydrogen) atoms. The molecule has 4 rings (SSSR count). The third kappa shape index (κ3) is 4.49. The molecule has 1 amide bonds. The maximum atomic E-state index is 12.3. The van der Waals surface area contributed by atoms with Gasteiger partial charge in [0.25, 0.3) is 17.5 Å². The summed E-state index contributed by atoms with van der Waals surface area (Å²) in [5.41, 5.74) is 4.13. The average molecular weight is 429 g/mol. The molecule has 0 aliphatic carbocycles. The highest BCUT2D eigenvalue weighted by molar-refractivity contribution is 5.95. The lowest BCUT2D eigenvalue weighted by atomic mass is 10.1. The highest BCUT2D eigenvalue weighted by Crippen LogP contribution is 2.29. The Kier molecular flexibility index (Phi) is 5.66. The van der Waals surface area contributed by atoms with Crippen LogP contribution in [0.25, 0.3) is 22.9 Å². The number of benzene rings is 3. The summed E-state index contributed by atoms with van der Waals surface area (Å²) < 4.78 is 5.62. The molecule has 0 spiro atoms. The second kappa shape index (κ2) is 8.88. The highest BCUT2D eigenvalue weighted by Gasteiger charge is 2.14. The molecule has 2 N–H and O–H groups in total. The van der Waals surface area contributed by atoms with Gasteiger partial charge in [-0.3, -0.25) is 14.9 Å². The van der Waals surface area contributed by atoms with Gasteiger partial charge in [0, 0.05) is 28.8 Å². The predicted octanol–water partition coefficient (Wildman–Crippen LogP) is 3.78. The Hall–Kier alpha value is -4.86. The minimum atomic E-state index is -0.508. The van der Waals surface area contributed by atoms with Gasteiger partial charge >= 0.3 is 0 Å². The molecule has 1 aromatic heterocycles. The lowest BCUT2D eigenvalue weighted by Gasteiger charge is -2.01. The smallest absolute Gasteiger partial charge is 0.271 e. The van der Waals surface area contributed by atoms with E-state index in [9.17, 15) is 20.0 Å². The SMILES string of the molecule is O=C(N/N=C/c1cccc([N+](=O)[O-])c1)c1ccc(-c2nnc(-c3ccccc3O)o2)cc1.